The van der Waals surface area contributed by atoms with Gasteiger partial charge in [0.15, 0.2) is 5.82 Å². The fraction of sp³-hybridized carbons (Fsp3) is 0.500. The van der Waals surface area contributed by atoms with Crippen LogP contribution in [-0.2, 0) is 9.53 Å². The summed E-state index contributed by atoms with van der Waals surface area (Å²) in [4.78, 5) is 35.0. The van der Waals surface area contributed by atoms with Crippen LogP contribution in [0.5, 0.6) is 0 Å². The quantitative estimate of drug-likeness (QED) is 0.475. The first-order chi connectivity index (χ1) is 19.3. The molecule has 4 heterocycles. The molecule has 6 rings (SSSR count). The largest absolute Gasteiger partial charge is 0.444 e. The highest BCUT2D eigenvalue weighted by Crippen LogP contribution is 2.32. The van der Waals surface area contributed by atoms with Crippen molar-refractivity contribution >= 4 is 40.5 Å². The molecule has 9 nitrogen and oxygen atoms in total. The van der Waals surface area contributed by atoms with Crippen LogP contribution in [0.1, 0.15) is 27.2 Å². The van der Waals surface area contributed by atoms with Crippen LogP contribution in [0.15, 0.2) is 54.6 Å². The molecule has 3 aliphatic rings. The van der Waals surface area contributed by atoms with Crippen molar-refractivity contribution in [2.45, 2.75) is 44.9 Å². The Kier molecular flexibility index (Phi) is 7.39. The number of ether oxygens (including phenoxy) is 1. The van der Waals surface area contributed by atoms with Crippen molar-refractivity contribution in [3.63, 3.8) is 0 Å². The molecule has 3 aliphatic heterocycles. The molecule has 2 aromatic carbocycles. The minimum atomic E-state index is -0.607. The predicted octanol–water partition coefficient (Wildman–Crippen LogP) is 4.06. The number of amides is 2. The number of piperazine rings is 1. The van der Waals surface area contributed by atoms with Gasteiger partial charge in [-0.05, 0) is 51.5 Å². The molecule has 0 saturated carbocycles. The van der Waals surface area contributed by atoms with Crippen molar-refractivity contribution in [1.82, 2.24) is 24.5 Å². The Labute approximate surface area is 240 Å². The van der Waals surface area contributed by atoms with Gasteiger partial charge in [0.25, 0.3) is 0 Å². The average Bonchev–Trinajstić information content (AvgIpc) is 3.72. The molecule has 3 aromatic rings. The molecule has 3 fully saturated rings. The summed E-state index contributed by atoms with van der Waals surface area (Å²) in [6.45, 7) is 10.2. The molecular weight excluding hydrogens is 524 g/mol. The van der Waals surface area contributed by atoms with Crippen LogP contribution in [-0.4, -0.2) is 105 Å². The van der Waals surface area contributed by atoms with Gasteiger partial charge in [-0.2, -0.15) is 0 Å². The second-order valence-electron chi connectivity index (χ2n) is 11.8. The molecule has 2 atom stereocenters. The SMILES string of the molecule is CC(C)(C)OC(=O)N1C[C@@H](N2CCN(c3nn(-c4ccccc4)c4ccccc34)CC2)C[C@H]1C(=O)N1CCSC1. The molecule has 0 radical (unpaired) electrons. The van der Waals surface area contributed by atoms with Gasteiger partial charge in [-0.25, -0.2) is 9.48 Å². The summed E-state index contributed by atoms with van der Waals surface area (Å²) in [6, 6.07) is 18.3. The lowest BCUT2D eigenvalue weighted by Crippen LogP contribution is -2.51. The van der Waals surface area contributed by atoms with Crippen molar-refractivity contribution in [3.05, 3.63) is 54.6 Å². The van der Waals surface area contributed by atoms with E-state index in [0.717, 1.165) is 60.9 Å². The number of likely N-dealkylation sites (tertiary alicyclic amines) is 1. The van der Waals surface area contributed by atoms with E-state index in [2.05, 4.69) is 46.2 Å². The molecule has 3 saturated heterocycles. The summed E-state index contributed by atoms with van der Waals surface area (Å²) < 4.78 is 7.76. The lowest BCUT2D eigenvalue weighted by atomic mass is 10.1. The summed E-state index contributed by atoms with van der Waals surface area (Å²) >= 11 is 1.76. The van der Waals surface area contributed by atoms with Gasteiger partial charge in [0.2, 0.25) is 5.91 Å². The topological polar surface area (TPSA) is 74.1 Å². The van der Waals surface area contributed by atoms with Gasteiger partial charge in [-0.1, -0.05) is 30.3 Å². The number of hydrogen-bond donors (Lipinski definition) is 0. The van der Waals surface area contributed by atoms with E-state index >= 15 is 0 Å². The zero-order valence-electron chi connectivity index (χ0n) is 23.5. The fourth-order valence-electron chi connectivity index (χ4n) is 5.98. The zero-order valence-corrected chi connectivity index (χ0v) is 24.3. The second-order valence-corrected chi connectivity index (χ2v) is 12.9. The number of thioether (sulfide) groups is 1. The smallest absolute Gasteiger partial charge is 0.411 e. The number of carbonyl (C=O) groups excluding carboxylic acids is 2. The van der Waals surface area contributed by atoms with Crippen LogP contribution in [0.2, 0.25) is 0 Å². The molecule has 10 heteroatoms. The monoisotopic (exact) mass is 562 g/mol. The van der Waals surface area contributed by atoms with Gasteiger partial charge in [0.1, 0.15) is 11.6 Å². The number of anilines is 1. The van der Waals surface area contributed by atoms with Gasteiger partial charge in [0.05, 0.1) is 17.1 Å². The number of fused-ring (bicyclic) bond motifs is 1. The fourth-order valence-corrected chi connectivity index (χ4v) is 6.94. The van der Waals surface area contributed by atoms with Crippen molar-refractivity contribution in [2.75, 3.05) is 55.8 Å². The Bertz CT molecular complexity index is 1360. The molecule has 0 N–H and O–H groups in total. The Morgan fingerprint density at radius 1 is 0.950 bits per heavy atom. The van der Waals surface area contributed by atoms with Crippen molar-refractivity contribution in [2.24, 2.45) is 0 Å². The summed E-state index contributed by atoms with van der Waals surface area (Å²) in [5.74, 6) is 2.70. The van der Waals surface area contributed by atoms with Crippen molar-refractivity contribution < 1.29 is 14.3 Å². The molecule has 0 aliphatic carbocycles. The molecule has 0 spiro atoms. The van der Waals surface area contributed by atoms with Crippen molar-refractivity contribution in [3.8, 4) is 5.69 Å². The third-order valence-corrected chi connectivity index (χ3v) is 8.92. The predicted molar refractivity (Wildman–Crippen MR) is 159 cm³/mol. The first-order valence-corrected chi connectivity index (χ1v) is 15.3. The number of carbonyl (C=O) groups is 2. The Balaban J connectivity index is 1.17. The van der Waals surface area contributed by atoms with Crippen LogP contribution >= 0.6 is 11.8 Å². The van der Waals surface area contributed by atoms with E-state index in [1.165, 1.54) is 0 Å². The van der Waals surface area contributed by atoms with Crippen LogP contribution in [0.3, 0.4) is 0 Å². The van der Waals surface area contributed by atoms with Crippen LogP contribution in [0.4, 0.5) is 10.6 Å². The highest BCUT2D eigenvalue weighted by atomic mass is 32.2. The van der Waals surface area contributed by atoms with Gasteiger partial charge in [-0.15, -0.1) is 16.9 Å². The van der Waals surface area contributed by atoms with Crippen LogP contribution in [0, 0.1) is 0 Å². The van der Waals surface area contributed by atoms with Gasteiger partial charge in [0, 0.05) is 56.4 Å². The molecular formula is C30H38N6O3S. The van der Waals surface area contributed by atoms with E-state index in [1.807, 2.05) is 48.6 Å². The molecule has 0 unspecified atom stereocenters. The number of benzene rings is 2. The lowest BCUT2D eigenvalue weighted by Gasteiger charge is -2.38. The molecule has 1 aromatic heterocycles. The maximum atomic E-state index is 13.5. The van der Waals surface area contributed by atoms with E-state index in [0.29, 0.717) is 18.8 Å². The third kappa shape index (κ3) is 5.39. The van der Waals surface area contributed by atoms with E-state index in [-0.39, 0.29) is 11.9 Å². The van der Waals surface area contributed by atoms with Crippen molar-refractivity contribution in [1.29, 1.82) is 0 Å². The number of hydrogen-bond acceptors (Lipinski definition) is 7. The summed E-state index contributed by atoms with van der Waals surface area (Å²) in [5.41, 5.74) is 1.53. The lowest BCUT2D eigenvalue weighted by molar-refractivity contribution is -0.134. The first-order valence-electron chi connectivity index (χ1n) is 14.2. The first kappa shape index (κ1) is 27.0. The number of rotatable bonds is 4. The van der Waals surface area contributed by atoms with Crippen LogP contribution < -0.4 is 4.90 Å². The molecule has 40 heavy (non-hydrogen) atoms. The van der Waals surface area contributed by atoms with Gasteiger partial charge >= 0.3 is 6.09 Å². The van der Waals surface area contributed by atoms with E-state index in [4.69, 9.17) is 9.84 Å². The minimum Gasteiger partial charge on any atom is -0.444 e. The highest BCUT2D eigenvalue weighted by molar-refractivity contribution is 7.99. The summed E-state index contributed by atoms with van der Waals surface area (Å²) in [6.07, 6.45) is 0.252. The normalized spacial score (nSPS) is 22.3. The Morgan fingerprint density at radius 2 is 1.68 bits per heavy atom. The van der Waals surface area contributed by atoms with Gasteiger partial charge in [-0.3, -0.25) is 14.6 Å². The summed E-state index contributed by atoms with van der Waals surface area (Å²) in [5, 5.41) is 6.20. The van der Waals surface area contributed by atoms with E-state index in [1.54, 1.807) is 16.7 Å². The molecule has 2 amide bonds. The minimum absolute atomic E-state index is 0.0508. The maximum Gasteiger partial charge on any atom is 0.411 e. The van der Waals surface area contributed by atoms with E-state index < -0.39 is 17.7 Å². The number of nitrogens with zero attached hydrogens (tertiary/aromatic N) is 6. The third-order valence-electron chi connectivity index (χ3n) is 7.96. The van der Waals surface area contributed by atoms with E-state index in [9.17, 15) is 9.59 Å². The molecule has 212 valence electrons. The standard InChI is InChI=1S/C30H38N6O3S/c1-30(2,3)39-29(38)35-20-23(19-26(35)28(37)34-17-18-40-21-34)32-13-15-33(16-14-32)27-24-11-7-8-12-25(24)36(31-27)22-9-5-4-6-10-22/h4-12,23,26H,13-21H2,1-3H3/t23-,26-/m0/s1. The molecule has 0 bridgehead atoms. The average molecular weight is 563 g/mol. The van der Waals surface area contributed by atoms with Crippen LogP contribution in [0.25, 0.3) is 16.6 Å². The Morgan fingerprint density at radius 3 is 2.38 bits per heavy atom. The Hall–Kier alpha value is -3.24. The second kappa shape index (κ2) is 11.0. The zero-order chi connectivity index (χ0) is 27.9. The summed E-state index contributed by atoms with van der Waals surface area (Å²) in [7, 11) is 0. The number of para-hydroxylation sites is 2. The number of aromatic nitrogens is 2. The highest BCUT2D eigenvalue weighted by Gasteiger charge is 2.45. The van der Waals surface area contributed by atoms with Gasteiger partial charge < -0.3 is 14.5 Å². The maximum absolute atomic E-state index is 13.5.